The molecule has 0 aromatic heterocycles. The monoisotopic (exact) mass is 263 g/mol. The number of halogens is 1. The molecule has 0 bridgehead atoms. The second-order valence-electron chi connectivity index (χ2n) is 2.22. The number of ether oxygens (including phenoxy) is 1. The summed E-state index contributed by atoms with van der Waals surface area (Å²) in [5, 5.41) is 0. The Kier molecular flexibility index (Phi) is 3.65. The van der Waals surface area contributed by atoms with E-state index >= 15 is 0 Å². The van der Waals surface area contributed by atoms with E-state index in [0.29, 0.717) is 6.61 Å². The van der Waals surface area contributed by atoms with Gasteiger partial charge >= 0.3 is 0 Å². The van der Waals surface area contributed by atoms with Gasteiger partial charge in [0, 0.05) is 12.8 Å². The normalized spacial score (nSPS) is 9.64. The Morgan fingerprint density at radius 1 is 1.36 bits per heavy atom. The zero-order chi connectivity index (χ0) is 8.10. The van der Waals surface area contributed by atoms with E-state index in [0.717, 1.165) is 5.69 Å². The van der Waals surface area contributed by atoms with Crippen LogP contribution < -0.4 is 3.53 Å². The van der Waals surface area contributed by atoms with E-state index in [1.54, 1.807) is 7.11 Å². The minimum Gasteiger partial charge on any atom is -0.380 e. The molecular formula is C8H10INO. The Hall–Kier alpha value is -0.290. The van der Waals surface area contributed by atoms with E-state index in [2.05, 4.69) is 26.4 Å². The molecule has 0 spiro atoms. The Morgan fingerprint density at radius 2 is 2.00 bits per heavy atom. The van der Waals surface area contributed by atoms with Crippen molar-refractivity contribution >= 4 is 28.6 Å². The Labute approximate surface area is 80.4 Å². The van der Waals surface area contributed by atoms with E-state index in [1.165, 1.54) is 5.56 Å². The van der Waals surface area contributed by atoms with Crippen molar-refractivity contribution in [3.63, 3.8) is 0 Å². The van der Waals surface area contributed by atoms with Crippen LogP contribution in [-0.2, 0) is 11.3 Å². The van der Waals surface area contributed by atoms with Gasteiger partial charge in [-0.3, -0.25) is 0 Å². The fourth-order valence-corrected chi connectivity index (χ4v) is 1.19. The van der Waals surface area contributed by atoms with Gasteiger partial charge in [0.15, 0.2) is 0 Å². The third-order valence-corrected chi connectivity index (χ3v) is 2.00. The minimum absolute atomic E-state index is 0.682. The lowest BCUT2D eigenvalue weighted by Gasteiger charge is -2.00. The van der Waals surface area contributed by atoms with E-state index in [4.69, 9.17) is 4.74 Å². The first-order chi connectivity index (χ1) is 5.36. The standard InChI is InChI=1S/C8H10INO/c1-11-6-7-2-4-8(10-9)5-3-7/h2-5,10H,6H2,1H3. The number of rotatable bonds is 3. The van der Waals surface area contributed by atoms with Crippen molar-refractivity contribution in [2.45, 2.75) is 6.61 Å². The Balaban J connectivity index is 2.66. The zero-order valence-electron chi connectivity index (χ0n) is 6.30. The first-order valence-corrected chi connectivity index (χ1v) is 4.39. The molecule has 11 heavy (non-hydrogen) atoms. The van der Waals surface area contributed by atoms with Gasteiger partial charge in [0.2, 0.25) is 0 Å². The molecule has 1 aromatic rings. The van der Waals surface area contributed by atoms with E-state index in [1.807, 2.05) is 24.3 Å². The summed E-state index contributed by atoms with van der Waals surface area (Å²) >= 11 is 2.11. The number of benzene rings is 1. The van der Waals surface area contributed by atoms with E-state index in [-0.39, 0.29) is 0 Å². The van der Waals surface area contributed by atoms with Crippen molar-refractivity contribution in [1.29, 1.82) is 0 Å². The van der Waals surface area contributed by atoms with Crippen LogP contribution >= 0.6 is 22.9 Å². The molecule has 0 aliphatic heterocycles. The third-order valence-electron chi connectivity index (χ3n) is 1.37. The molecule has 0 amide bonds. The number of anilines is 1. The number of hydrogen-bond acceptors (Lipinski definition) is 2. The fourth-order valence-electron chi connectivity index (χ4n) is 0.831. The molecule has 0 radical (unpaired) electrons. The molecule has 0 aliphatic rings. The lowest BCUT2D eigenvalue weighted by Crippen LogP contribution is -1.86. The number of methoxy groups -OCH3 is 1. The van der Waals surface area contributed by atoms with Crippen molar-refractivity contribution in [2.75, 3.05) is 10.6 Å². The van der Waals surface area contributed by atoms with Crippen LogP contribution in [0, 0.1) is 0 Å². The molecule has 0 heterocycles. The molecule has 3 heteroatoms. The molecule has 0 unspecified atom stereocenters. The topological polar surface area (TPSA) is 21.3 Å². The molecule has 0 fully saturated rings. The largest absolute Gasteiger partial charge is 0.380 e. The summed E-state index contributed by atoms with van der Waals surface area (Å²) in [4.78, 5) is 0. The first kappa shape index (κ1) is 8.80. The summed E-state index contributed by atoms with van der Waals surface area (Å²) in [6.45, 7) is 0.682. The van der Waals surface area contributed by atoms with Crippen LogP contribution in [0.5, 0.6) is 0 Å². The van der Waals surface area contributed by atoms with Crippen molar-refractivity contribution in [3.8, 4) is 0 Å². The van der Waals surface area contributed by atoms with Crippen LogP contribution in [0.15, 0.2) is 24.3 Å². The van der Waals surface area contributed by atoms with Crippen LogP contribution in [-0.4, -0.2) is 7.11 Å². The number of hydrogen-bond donors (Lipinski definition) is 1. The average molecular weight is 263 g/mol. The first-order valence-electron chi connectivity index (χ1n) is 3.31. The molecule has 0 atom stereocenters. The van der Waals surface area contributed by atoms with Crippen LogP contribution in [0.1, 0.15) is 5.56 Å². The van der Waals surface area contributed by atoms with Crippen LogP contribution in [0.2, 0.25) is 0 Å². The zero-order valence-corrected chi connectivity index (χ0v) is 8.46. The summed E-state index contributed by atoms with van der Waals surface area (Å²) in [5.41, 5.74) is 2.31. The van der Waals surface area contributed by atoms with E-state index in [9.17, 15) is 0 Å². The lowest BCUT2D eigenvalue weighted by molar-refractivity contribution is 0.185. The smallest absolute Gasteiger partial charge is 0.0713 e. The third kappa shape index (κ3) is 2.67. The maximum absolute atomic E-state index is 4.98. The van der Waals surface area contributed by atoms with Gasteiger partial charge in [-0.25, -0.2) is 0 Å². The highest BCUT2D eigenvalue weighted by Crippen LogP contribution is 2.11. The van der Waals surface area contributed by atoms with Gasteiger partial charge in [0.25, 0.3) is 0 Å². The van der Waals surface area contributed by atoms with Gasteiger partial charge in [-0.05, 0) is 17.7 Å². The highest BCUT2D eigenvalue weighted by atomic mass is 127. The maximum Gasteiger partial charge on any atom is 0.0713 e. The van der Waals surface area contributed by atoms with Crippen LogP contribution in [0.4, 0.5) is 5.69 Å². The van der Waals surface area contributed by atoms with Crippen molar-refractivity contribution in [3.05, 3.63) is 29.8 Å². The Morgan fingerprint density at radius 3 is 2.45 bits per heavy atom. The molecule has 60 valence electrons. The molecular weight excluding hydrogens is 253 g/mol. The highest BCUT2D eigenvalue weighted by Gasteiger charge is 1.90. The summed E-state index contributed by atoms with van der Waals surface area (Å²) in [7, 11) is 1.70. The molecule has 0 saturated heterocycles. The molecule has 1 N–H and O–H groups in total. The van der Waals surface area contributed by atoms with Gasteiger partial charge in [0.05, 0.1) is 29.5 Å². The summed E-state index contributed by atoms with van der Waals surface area (Å²) in [5.74, 6) is 0. The predicted molar refractivity (Wildman–Crippen MR) is 54.8 cm³/mol. The minimum atomic E-state index is 0.682. The lowest BCUT2D eigenvalue weighted by atomic mass is 10.2. The molecule has 1 rings (SSSR count). The van der Waals surface area contributed by atoms with Crippen molar-refractivity contribution in [2.24, 2.45) is 0 Å². The molecule has 0 aliphatic carbocycles. The SMILES string of the molecule is COCc1ccc(NI)cc1. The van der Waals surface area contributed by atoms with Gasteiger partial charge < -0.3 is 8.27 Å². The highest BCUT2D eigenvalue weighted by molar-refractivity contribution is 14.1. The molecule has 2 nitrogen and oxygen atoms in total. The second kappa shape index (κ2) is 4.56. The van der Waals surface area contributed by atoms with Gasteiger partial charge in [-0.2, -0.15) is 0 Å². The van der Waals surface area contributed by atoms with E-state index < -0.39 is 0 Å². The van der Waals surface area contributed by atoms with Gasteiger partial charge in [-0.1, -0.05) is 12.1 Å². The molecule has 1 aromatic carbocycles. The summed E-state index contributed by atoms with van der Waals surface area (Å²) in [6, 6.07) is 8.15. The Bertz CT molecular complexity index is 210. The quantitative estimate of drug-likeness (QED) is 0.668. The number of nitrogens with one attached hydrogen (secondary N) is 1. The van der Waals surface area contributed by atoms with Crippen LogP contribution in [0.3, 0.4) is 0 Å². The average Bonchev–Trinajstić information content (AvgIpc) is 2.07. The molecule has 0 saturated carbocycles. The predicted octanol–water partition coefficient (Wildman–Crippen LogP) is 2.59. The summed E-state index contributed by atoms with van der Waals surface area (Å²) < 4.78 is 8.00. The summed E-state index contributed by atoms with van der Waals surface area (Å²) in [6.07, 6.45) is 0. The second-order valence-corrected chi connectivity index (χ2v) is 2.76. The van der Waals surface area contributed by atoms with Gasteiger partial charge in [-0.15, -0.1) is 0 Å². The van der Waals surface area contributed by atoms with Gasteiger partial charge in [0.1, 0.15) is 0 Å². The van der Waals surface area contributed by atoms with Crippen molar-refractivity contribution < 1.29 is 4.74 Å². The fraction of sp³-hybridized carbons (Fsp3) is 0.250. The maximum atomic E-state index is 4.98. The van der Waals surface area contributed by atoms with Crippen LogP contribution in [0.25, 0.3) is 0 Å². The van der Waals surface area contributed by atoms with Crippen molar-refractivity contribution in [1.82, 2.24) is 0 Å².